The molecular formula is C19H23ClN2OS. The van der Waals surface area contributed by atoms with E-state index in [1.165, 1.54) is 12.8 Å². The number of likely N-dealkylation sites (N-methyl/N-ethyl adjacent to an activating group) is 1. The highest BCUT2D eigenvalue weighted by molar-refractivity contribution is 8.00. The highest BCUT2D eigenvalue weighted by Gasteiger charge is 2.29. The van der Waals surface area contributed by atoms with Gasteiger partial charge in [-0.15, -0.1) is 11.8 Å². The van der Waals surface area contributed by atoms with Crippen LogP contribution in [-0.4, -0.2) is 42.2 Å². The molecule has 0 radical (unpaired) electrons. The molecule has 1 aliphatic rings. The van der Waals surface area contributed by atoms with Gasteiger partial charge in [-0.2, -0.15) is 0 Å². The number of carbonyl (C=O) groups is 1. The molecule has 1 N–H and O–H groups in total. The van der Waals surface area contributed by atoms with Gasteiger partial charge in [-0.05, 0) is 44.3 Å². The molecule has 3 nitrogen and oxygen atoms in total. The van der Waals surface area contributed by atoms with Gasteiger partial charge in [-0.3, -0.25) is 9.69 Å². The molecule has 1 unspecified atom stereocenters. The third kappa shape index (κ3) is 4.24. The fraction of sp³-hybridized carbons (Fsp3) is 0.421. The minimum absolute atomic E-state index is 0.0695. The fourth-order valence-electron chi connectivity index (χ4n) is 2.82. The Kier molecular flexibility index (Phi) is 5.69. The molecule has 0 aliphatic heterocycles. The maximum absolute atomic E-state index is 12.2. The number of nitrogens with zero attached hydrogens (tertiary/aromatic N) is 1. The summed E-state index contributed by atoms with van der Waals surface area (Å²) >= 11 is 7.87. The van der Waals surface area contributed by atoms with Crippen LogP contribution >= 0.6 is 23.4 Å². The molecule has 1 amide bonds. The van der Waals surface area contributed by atoms with Crippen molar-refractivity contribution in [1.29, 1.82) is 0 Å². The first-order valence-electron chi connectivity index (χ1n) is 8.35. The summed E-state index contributed by atoms with van der Waals surface area (Å²) in [6, 6.07) is 13.0. The molecule has 0 aromatic heterocycles. The van der Waals surface area contributed by atoms with Crippen molar-refractivity contribution in [2.24, 2.45) is 0 Å². The highest BCUT2D eigenvalue weighted by atomic mass is 35.5. The molecule has 5 heteroatoms. The number of thioether (sulfide) groups is 1. The average Bonchev–Trinajstić information content (AvgIpc) is 3.42. The Hall–Kier alpha value is -1.23. The zero-order chi connectivity index (χ0) is 17.1. The first-order chi connectivity index (χ1) is 11.6. The molecular weight excluding hydrogens is 340 g/mol. The van der Waals surface area contributed by atoms with Crippen molar-refractivity contribution in [3.8, 4) is 0 Å². The molecule has 0 saturated heterocycles. The van der Waals surface area contributed by atoms with Crippen LogP contribution in [-0.2, 0) is 4.79 Å². The average molecular weight is 363 g/mol. The third-order valence-electron chi connectivity index (χ3n) is 4.59. The number of hydrogen-bond donors (Lipinski definition) is 1. The predicted molar refractivity (Wildman–Crippen MR) is 103 cm³/mol. The topological polar surface area (TPSA) is 32.3 Å². The Morgan fingerprint density at radius 3 is 2.75 bits per heavy atom. The number of rotatable bonds is 7. The summed E-state index contributed by atoms with van der Waals surface area (Å²) in [6.45, 7) is 2.86. The van der Waals surface area contributed by atoms with Gasteiger partial charge in [0.25, 0.3) is 0 Å². The van der Waals surface area contributed by atoms with Crippen LogP contribution in [0.2, 0.25) is 5.02 Å². The van der Waals surface area contributed by atoms with E-state index in [0.29, 0.717) is 24.4 Å². The smallest absolute Gasteiger partial charge is 0.230 e. The molecule has 2 aromatic carbocycles. The number of nitrogens with one attached hydrogen (secondary N) is 1. The first kappa shape index (κ1) is 17.6. The standard InChI is InChI=1S/C19H23ClN2OS/c1-13(22(2)15-9-10-15)11-21-18(23)12-24-17-8-4-6-14-5-3-7-16(20)19(14)17/h3-8,13,15H,9-12H2,1-2H3,(H,21,23). The molecule has 1 aliphatic carbocycles. The SMILES string of the molecule is CC(CNC(=O)CSc1cccc2cccc(Cl)c12)N(C)C1CC1. The van der Waals surface area contributed by atoms with Crippen molar-refractivity contribution in [2.45, 2.75) is 36.7 Å². The van der Waals surface area contributed by atoms with Gasteiger partial charge in [0.15, 0.2) is 0 Å². The molecule has 0 heterocycles. The second-order valence-electron chi connectivity index (χ2n) is 6.43. The van der Waals surface area contributed by atoms with Gasteiger partial charge in [0.1, 0.15) is 0 Å². The van der Waals surface area contributed by atoms with E-state index < -0.39 is 0 Å². The minimum atomic E-state index is 0.0695. The lowest BCUT2D eigenvalue weighted by atomic mass is 10.1. The van der Waals surface area contributed by atoms with E-state index >= 15 is 0 Å². The van der Waals surface area contributed by atoms with Gasteiger partial charge in [0.2, 0.25) is 5.91 Å². The maximum Gasteiger partial charge on any atom is 0.230 e. The lowest BCUT2D eigenvalue weighted by Crippen LogP contribution is -2.41. The van der Waals surface area contributed by atoms with Crippen LogP contribution in [0.25, 0.3) is 10.8 Å². The van der Waals surface area contributed by atoms with Gasteiger partial charge in [-0.25, -0.2) is 0 Å². The summed E-state index contributed by atoms with van der Waals surface area (Å²) in [5, 5.41) is 5.91. The highest BCUT2D eigenvalue weighted by Crippen LogP contribution is 2.33. The van der Waals surface area contributed by atoms with E-state index in [-0.39, 0.29) is 5.91 Å². The van der Waals surface area contributed by atoms with Crippen LogP contribution in [0.15, 0.2) is 41.3 Å². The van der Waals surface area contributed by atoms with Gasteiger partial charge in [-0.1, -0.05) is 35.9 Å². The summed E-state index contributed by atoms with van der Waals surface area (Å²) < 4.78 is 0. The minimum Gasteiger partial charge on any atom is -0.354 e. The summed E-state index contributed by atoms with van der Waals surface area (Å²) in [6.07, 6.45) is 2.57. The monoisotopic (exact) mass is 362 g/mol. The summed E-state index contributed by atoms with van der Waals surface area (Å²) in [7, 11) is 2.14. The largest absolute Gasteiger partial charge is 0.354 e. The van der Waals surface area contributed by atoms with Crippen molar-refractivity contribution in [3.63, 3.8) is 0 Å². The molecule has 1 atom stereocenters. The Morgan fingerprint density at radius 2 is 2.04 bits per heavy atom. The quantitative estimate of drug-likeness (QED) is 0.750. The van der Waals surface area contributed by atoms with Crippen LogP contribution in [0.5, 0.6) is 0 Å². The van der Waals surface area contributed by atoms with Crippen molar-refractivity contribution in [3.05, 3.63) is 41.4 Å². The van der Waals surface area contributed by atoms with Gasteiger partial charge < -0.3 is 5.32 Å². The lowest BCUT2D eigenvalue weighted by molar-refractivity contribution is -0.118. The van der Waals surface area contributed by atoms with E-state index in [1.807, 2.05) is 36.4 Å². The number of benzene rings is 2. The maximum atomic E-state index is 12.2. The van der Waals surface area contributed by atoms with Crippen molar-refractivity contribution < 1.29 is 4.79 Å². The Bertz CT molecular complexity index is 727. The van der Waals surface area contributed by atoms with Crippen LogP contribution in [0, 0.1) is 0 Å². The van der Waals surface area contributed by atoms with E-state index in [1.54, 1.807) is 11.8 Å². The molecule has 2 aromatic rings. The summed E-state index contributed by atoms with van der Waals surface area (Å²) in [5.41, 5.74) is 0. The zero-order valence-corrected chi connectivity index (χ0v) is 15.7. The van der Waals surface area contributed by atoms with Crippen LogP contribution < -0.4 is 5.32 Å². The second-order valence-corrected chi connectivity index (χ2v) is 7.86. The van der Waals surface area contributed by atoms with Crippen molar-refractivity contribution in [2.75, 3.05) is 19.3 Å². The Balaban J connectivity index is 1.55. The molecule has 0 bridgehead atoms. The van der Waals surface area contributed by atoms with Crippen molar-refractivity contribution >= 4 is 40.0 Å². The predicted octanol–water partition coefficient (Wildman–Crippen LogP) is 4.18. The molecule has 0 spiro atoms. The van der Waals surface area contributed by atoms with E-state index in [2.05, 4.69) is 24.2 Å². The van der Waals surface area contributed by atoms with E-state index in [4.69, 9.17) is 11.6 Å². The molecule has 3 rings (SSSR count). The lowest BCUT2D eigenvalue weighted by Gasteiger charge is -2.24. The molecule has 128 valence electrons. The summed E-state index contributed by atoms with van der Waals surface area (Å²) in [4.78, 5) is 15.6. The number of hydrogen-bond acceptors (Lipinski definition) is 3. The first-order valence-corrected chi connectivity index (χ1v) is 9.71. The number of amides is 1. The number of carbonyl (C=O) groups excluding carboxylic acids is 1. The molecule has 1 fully saturated rings. The van der Waals surface area contributed by atoms with Gasteiger partial charge in [0.05, 0.1) is 5.75 Å². The zero-order valence-electron chi connectivity index (χ0n) is 14.1. The van der Waals surface area contributed by atoms with Crippen LogP contribution in [0.1, 0.15) is 19.8 Å². The fourth-order valence-corrected chi connectivity index (χ4v) is 4.10. The third-order valence-corrected chi connectivity index (χ3v) is 5.96. The number of fused-ring (bicyclic) bond motifs is 1. The summed E-state index contributed by atoms with van der Waals surface area (Å²) in [5.74, 6) is 0.476. The van der Waals surface area contributed by atoms with Crippen LogP contribution in [0.4, 0.5) is 0 Å². The molecule has 24 heavy (non-hydrogen) atoms. The van der Waals surface area contributed by atoms with E-state index in [0.717, 1.165) is 20.7 Å². The number of halogens is 1. The van der Waals surface area contributed by atoms with Gasteiger partial charge >= 0.3 is 0 Å². The van der Waals surface area contributed by atoms with E-state index in [9.17, 15) is 4.79 Å². The van der Waals surface area contributed by atoms with Gasteiger partial charge in [0, 0.05) is 33.9 Å². The van der Waals surface area contributed by atoms with Crippen molar-refractivity contribution in [1.82, 2.24) is 10.2 Å². The Morgan fingerprint density at radius 1 is 1.33 bits per heavy atom. The second kappa shape index (κ2) is 7.77. The normalized spacial score (nSPS) is 15.7. The van der Waals surface area contributed by atoms with Crippen LogP contribution in [0.3, 0.4) is 0 Å². The Labute approximate surface area is 152 Å². The molecule has 1 saturated carbocycles.